The fourth-order valence-corrected chi connectivity index (χ4v) is 3.30. The first-order chi connectivity index (χ1) is 11.1. The molecule has 1 unspecified atom stereocenters. The van der Waals surface area contributed by atoms with Crippen LogP contribution in [0.1, 0.15) is 28.2 Å². The van der Waals surface area contributed by atoms with Crippen molar-refractivity contribution in [3.8, 4) is 0 Å². The van der Waals surface area contributed by atoms with Crippen LogP contribution < -0.4 is 5.32 Å². The van der Waals surface area contributed by atoms with Gasteiger partial charge >= 0.3 is 0 Å². The summed E-state index contributed by atoms with van der Waals surface area (Å²) in [6.07, 6.45) is 0. The molecule has 0 radical (unpaired) electrons. The number of likely N-dealkylation sites (N-methyl/N-ethyl adjacent to an activating group) is 1. The van der Waals surface area contributed by atoms with Gasteiger partial charge in [0.05, 0.1) is 0 Å². The van der Waals surface area contributed by atoms with Gasteiger partial charge in [-0.25, -0.2) is 0 Å². The van der Waals surface area contributed by atoms with Crippen LogP contribution in [-0.4, -0.2) is 30.3 Å². The maximum absolute atomic E-state index is 11.7. The predicted octanol–water partition coefficient (Wildman–Crippen LogP) is 4.17. The van der Waals surface area contributed by atoms with Crippen molar-refractivity contribution in [2.24, 2.45) is 0 Å². The number of nitrogens with zero attached hydrogens (tertiary/aromatic N) is 1. The van der Waals surface area contributed by atoms with Crippen LogP contribution in [0.3, 0.4) is 0 Å². The van der Waals surface area contributed by atoms with E-state index >= 15 is 0 Å². The van der Waals surface area contributed by atoms with Crippen molar-refractivity contribution in [3.05, 3.63) is 64.7 Å². The lowest BCUT2D eigenvalue weighted by Gasteiger charge is -2.34. The summed E-state index contributed by atoms with van der Waals surface area (Å²) in [7, 11) is 2.12. The molecule has 0 aliphatic carbocycles. The Morgan fingerprint density at radius 3 is 2.62 bits per heavy atom. The molecule has 0 fully saturated rings. The van der Waals surface area contributed by atoms with Crippen molar-refractivity contribution in [2.45, 2.75) is 19.4 Å². The van der Waals surface area contributed by atoms with Crippen molar-refractivity contribution in [1.29, 1.82) is 0 Å². The van der Waals surface area contributed by atoms with Gasteiger partial charge < -0.3 is 10.2 Å². The molecular formula is C19H22Cl2N2O. The number of amides is 1. The van der Waals surface area contributed by atoms with E-state index in [-0.39, 0.29) is 24.2 Å². The first kappa shape index (κ1) is 18.8. The van der Waals surface area contributed by atoms with Gasteiger partial charge in [0.2, 0.25) is 5.91 Å². The topological polar surface area (TPSA) is 32.3 Å². The van der Waals surface area contributed by atoms with Crippen LogP contribution in [0.25, 0.3) is 0 Å². The average Bonchev–Trinajstić information content (AvgIpc) is 2.55. The molecule has 0 spiro atoms. The smallest absolute Gasteiger partial charge is 0.239 e. The molecule has 1 N–H and O–H groups in total. The van der Waals surface area contributed by atoms with Crippen LogP contribution in [0.2, 0.25) is 0 Å². The van der Waals surface area contributed by atoms with Crippen molar-refractivity contribution in [2.75, 3.05) is 24.8 Å². The number of aryl methyl sites for hydroxylation is 1. The Kier molecular flexibility index (Phi) is 6.27. The second kappa shape index (κ2) is 8.02. The number of fused-ring (bicyclic) bond motifs is 1. The van der Waals surface area contributed by atoms with Crippen molar-refractivity contribution >= 4 is 35.6 Å². The van der Waals surface area contributed by atoms with Crippen LogP contribution in [0.15, 0.2) is 42.5 Å². The quantitative estimate of drug-likeness (QED) is 0.828. The number of nitrogens with one attached hydrogen (secondary N) is 1. The molecule has 1 amide bonds. The summed E-state index contributed by atoms with van der Waals surface area (Å²) in [5, 5.41) is 2.92. The summed E-state index contributed by atoms with van der Waals surface area (Å²) in [5.74, 6) is 0.123. The summed E-state index contributed by atoms with van der Waals surface area (Å²) in [6, 6.07) is 14.8. The number of rotatable bonds is 3. The van der Waals surface area contributed by atoms with E-state index in [4.69, 9.17) is 11.6 Å². The third-order valence-corrected chi connectivity index (χ3v) is 4.63. The molecule has 5 heteroatoms. The van der Waals surface area contributed by atoms with Gasteiger partial charge in [-0.1, -0.05) is 42.0 Å². The molecule has 1 heterocycles. The number of carbonyl (C=O) groups excluding carboxylic acids is 1. The molecule has 0 aromatic heterocycles. The number of benzene rings is 2. The molecule has 2 aromatic rings. The van der Waals surface area contributed by atoms with E-state index in [1.54, 1.807) is 0 Å². The zero-order valence-electron chi connectivity index (χ0n) is 13.9. The van der Waals surface area contributed by atoms with E-state index in [2.05, 4.69) is 54.5 Å². The zero-order valence-corrected chi connectivity index (χ0v) is 15.5. The second-order valence-electron chi connectivity index (χ2n) is 6.22. The van der Waals surface area contributed by atoms with E-state index in [0.717, 1.165) is 18.8 Å². The first-order valence-electron chi connectivity index (χ1n) is 7.81. The molecule has 3 nitrogen and oxygen atoms in total. The number of hydrogen-bond acceptors (Lipinski definition) is 2. The zero-order chi connectivity index (χ0) is 16.4. The maximum Gasteiger partial charge on any atom is 0.239 e. The standard InChI is InChI=1S/C19H21ClN2O.ClH/c1-13-6-8-14(9-7-13)16-11-22(2)12-17-15(16)4-3-5-18(17)21-19(23)10-20;/h3-9,16H,10-12H2,1-2H3,(H,21,23);1H. The summed E-state index contributed by atoms with van der Waals surface area (Å²) >= 11 is 5.63. The molecular weight excluding hydrogens is 343 g/mol. The fraction of sp³-hybridized carbons (Fsp3) is 0.316. The number of alkyl halides is 1. The molecule has 0 saturated carbocycles. The van der Waals surface area contributed by atoms with Gasteiger partial charge in [-0.3, -0.25) is 4.79 Å². The Morgan fingerprint density at radius 2 is 1.96 bits per heavy atom. The number of anilines is 1. The third kappa shape index (κ3) is 3.92. The second-order valence-corrected chi connectivity index (χ2v) is 6.48. The van der Waals surface area contributed by atoms with Gasteiger partial charge in [-0.05, 0) is 36.7 Å². The molecule has 128 valence electrons. The largest absolute Gasteiger partial charge is 0.325 e. The van der Waals surface area contributed by atoms with Gasteiger partial charge in [-0.2, -0.15) is 0 Å². The summed E-state index contributed by atoms with van der Waals surface area (Å²) in [4.78, 5) is 14.0. The lowest BCUT2D eigenvalue weighted by Crippen LogP contribution is -2.32. The molecule has 0 bridgehead atoms. The summed E-state index contributed by atoms with van der Waals surface area (Å²) in [5.41, 5.74) is 5.92. The molecule has 2 aromatic carbocycles. The first-order valence-corrected chi connectivity index (χ1v) is 8.34. The Morgan fingerprint density at radius 1 is 1.25 bits per heavy atom. The summed E-state index contributed by atoms with van der Waals surface area (Å²) in [6.45, 7) is 3.91. The van der Waals surface area contributed by atoms with Gasteiger partial charge in [0, 0.05) is 24.7 Å². The minimum absolute atomic E-state index is 0. The lowest BCUT2D eigenvalue weighted by atomic mass is 9.84. The SMILES string of the molecule is Cc1ccc(C2CN(C)Cc3c(NC(=O)CCl)cccc32)cc1.Cl. The molecule has 1 aliphatic heterocycles. The predicted molar refractivity (Wildman–Crippen MR) is 102 cm³/mol. The molecule has 1 aliphatic rings. The van der Waals surface area contributed by atoms with Gasteiger partial charge in [0.1, 0.15) is 5.88 Å². The molecule has 1 atom stereocenters. The number of halogens is 2. The van der Waals surface area contributed by atoms with E-state index in [1.165, 1.54) is 22.3 Å². The van der Waals surface area contributed by atoms with Gasteiger partial charge in [0.15, 0.2) is 0 Å². The van der Waals surface area contributed by atoms with Crippen molar-refractivity contribution in [1.82, 2.24) is 4.90 Å². The van der Waals surface area contributed by atoms with Crippen LogP contribution in [0, 0.1) is 6.92 Å². The Hall–Kier alpha value is -1.55. The highest BCUT2D eigenvalue weighted by Crippen LogP contribution is 2.36. The highest BCUT2D eigenvalue weighted by molar-refractivity contribution is 6.29. The number of carbonyl (C=O) groups is 1. The molecule has 0 saturated heterocycles. The van der Waals surface area contributed by atoms with E-state index in [1.807, 2.05) is 12.1 Å². The lowest BCUT2D eigenvalue weighted by molar-refractivity contribution is -0.113. The monoisotopic (exact) mass is 364 g/mol. The van der Waals surface area contributed by atoms with E-state index in [0.29, 0.717) is 5.92 Å². The Labute approximate surface area is 154 Å². The van der Waals surface area contributed by atoms with E-state index < -0.39 is 0 Å². The maximum atomic E-state index is 11.7. The minimum atomic E-state index is -0.167. The van der Waals surface area contributed by atoms with Crippen LogP contribution in [0.4, 0.5) is 5.69 Å². The van der Waals surface area contributed by atoms with Gasteiger partial charge in [0.25, 0.3) is 0 Å². The average molecular weight is 365 g/mol. The molecule has 3 rings (SSSR count). The fourth-order valence-electron chi connectivity index (χ4n) is 3.24. The third-order valence-electron chi connectivity index (χ3n) is 4.39. The summed E-state index contributed by atoms with van der Waals surface area (Å²) < 4.78 is 0. The normalized spacial score (nSPS) is 16.9. The van der Waals surface area contributed by atoms with Crippen molar-refractivity contribution < 1.29 is 4.79 Å². The highest BCUT2D eigenvalue weighted by Gasteiger charge is 2.26. The Balaban J connectivity index is 0.00000208. The minimum Gasteiger partial charge on any atom is -0.325 e. The molecule has 24 heavy (non-hydrogen) atoms. The highest BCUT2D eigenvalue weighted by atomic mass is 35.5. The van der Waals surface area contributed by atoms with Crippen LogP contribution in [-0.2, 0) is 11.3 Å². The van der Waals surface area contributed by atoms with Crippen molar-refractivity contribution in [3.63, 3.8) is 0 Å². The number of hydrogen-bond donors (Lipinski definition) is 1. The van der Waals surface area contributed by atoms with E-state index in [9.17, 15) is 4.79 Å². The van der Waals surface area contributed by atoms with Crippen LogP contribution >= 0.6 is 24.0 Å². The van der Waals surface area contributed by atoms with Crippen LogP contribution in [0.5, 0.6) is 0 Å². The van der Waals surface area contributed by atoms with Gasteiger partial charge in [-0.15, -0.1) is 24.0 Å². The Bertz CT molecular complexity index is 716.